The zero-order valence-corrected chi connectivity index (χ0v) is 13.7. The highest BCUT2D eigenvalue weighted by Crippen LogP contribution is 2.40. The maximum atomic E-state index is 13.4. The highest BCUT2D eigenvalue weighted by Gasteiger charge is 2.37. The van der Waals surface area contributed by atoms with Crippen LogP contribution in [0, 0.1) is 21.4 Å². The van der Waals surface area contributed by atoms with Crippen LogP contribution in [-0.4, -0.2) is 19.1 Å². The second-order valence-corrected chi connectivity index (χ2v) is 5.20. The topological polar surface area (TPSA) is 85.4 Å². The van der Waals surface area contributed by atoms with Gasteiger partial charge < -0.3 is 9.47 Å². The van der Waals surface area contributed by atoms with E-state index in [1.807, 2.05) is 6.07 Å². The molecule has 0 bridgehead atoms. The highest BCUT2D eigenvalue weighted by molar-refractivity contribution is 5.52. The summed E-state index contributed by atoms with van der Waals surface area (Å²) in [6, 6.07) is 8.45. The number of alkyl halides is 3. The third-order valence-corrected chi connectivity index (χ3v) is 3.73. The Hall–Kier alpha value is -3.28. The van der Waals surface area contributed by atoms with E-state index in [2.05, 4.69) is 0 Å². The summed E-state index contributed by atoms with van der Waals surface area (Å²) in [5.41, 5.74) is -2.07. The minimum Gasteiger partial charge on any atom is -0.493 e. The molecule has 1 unspecified atom stereocenters. The summed E-state index contributed by atoms with van der Waals surface area (Å²) in [4.78, 5) is 9.88. The number of hydrogen-bond donors (Lipinski definition) is 0. The Balaban J connectivity index is 2.64. The number of halogens is 3. The Morgan fingerprint density at radius 3 is 2.27 bits per heavy atom. The van der Waals surface area contributed by atoms with Crippen molar-refractivity contribution in [2.24, 2.45) is 0 Å². The zero-order valence-electron chi connectivity index (χ0n) is 13.7. The summed E-state index contributed by atoms with van der Waals surface area (Å²) in [5.74, 6) is -0.694. The van der Waals surface area contributed by atoms with Crippen molar-refractivity contribution in [3.8, 4) is 17.6 Å². The van der Waals surface area contributed by atoms with E-state index in [1.54, 1.807) is 0 Å². The minimum absolute atomic E-state index is 0.240. The predicted octanol–water partition coefficient (Wildman–Crippen LogP) is 4.29. The zero-order chi connectivity index (χ0) is 19.5. The number of nitro groups is 1. The summed E-state index contributed by atoms with van der Waals surface area (Å²) in [7, 11) is 2.76. The van der Waals surface area contributed by atoms with Gasteiger partial charge in [-0.1, -0.05) is 6.07 Å². The van der Waals surface area contributed by atoms with E-state index in [0.29, 0.717) is 11.8 Å². The van der Waals surface area contributed by atoms with E-state index >= 15 is 0 Å². The molecule has 0 spiro atoms. The standard InChI is InChI=1S/C17H13F3N2O4/c1-25-15-6-3-10(7-16(15)26-2)13(9-21)12-5-4-11(22(23)24)8-14(12)17(18,19)20/h3-8,13H,1-2H3. The van der Waals surface area contributed by atoms with Crippen molar-refractivity contribution in [2.75, 3.05) is 14.2 Å². The van der Waals surface area contributed by atoms with Gasteiger partial charge in [-0.25, -0.2) is 0 Å². The summed E-state index contributed by atoms with van der Waals surface area (Å²) in [6.45, 7) is 0. The Kier molecular flexibility index (Phi) is 5.35. The van der Waals surface area contributed by atoms with Gasteiger partial charge in [-0.3, -0.25) is 10.1 Å². The summed E-state index contributed by atoms with van der Waals surface area (Å²) >= 11 is 0. The van der Waals surface area contributed by atoms with Crippen LogP contribution in [-0.2, 0) is 6.18 Å². The molecule has 0 aliphatic carbocycles. The number of benzene rings is 2. The number of ether oxygens (including phenoxy) is 2. The first kappa shape index (κ1) is 19.1. The van der Waals surface area contributed by atoms with E-state index in [-0.39, 0.29) is 16.9 Å². The molecule has 0 heterocycles. The van der Waals surface area contributed by atoms with Crippen molar-refractivity contribution in [1.29, 1.82) is 5.26 Å². The molecule has 1 atom stereocenters. The molecule has 26 heavy (non-hydrogen) atoms. The van der Waals surface area contributed by atoms with Gasteiger partial charge in [-0.05, 0) is 29.3 Å². The number of nitrogens with zero attached hydrogens (tertiary/aromatic N) is 2. The number of non-ortho nitro benzene ring substituents is 1. The molecule has 0 fully saturated rings. The third kappa shape index (κ3) is 3.69. The molecule has 0 saturated carbocycles. The number of methoxy groups -OCH3 is 2. The van der Waals surface area contributed by atoms with Crippen LogP contribution in [0.1, 0.15) is 22.6 Å². The molecule has 0 aliphatic heterocycles. The Labute approximate surface area is 146 Å². The first-order valence-corrected chi connectivity index (χ1v) is 7.20. The number of hydrogen-bond acceptors (Lipinski definition) is 5. The molecule has 0 radical (unpaired) electrons. The lowest BCUT2D eigenvalue weighted by atomic mass is 9.88. The molecular weight excluding hydrogens is 353 g/mol. The smallest absolute Gasteiger partial charge is 0.416 e. The normalized spacial score (nSPS) is 12.2. The number of nitro benzene ring substituents is 1. The molecule has 2 rings (SSSR count). The van der Waals surface area contributed by atoms with Crippen LogP contribution >= 0.6 is 0 Å². The fourth-order valence-corrected chi connectivity index (χ4v) is 2.51. The van der Waals surface area contributed by atoms with E-state index in [4.69, 9.17) is 9.47 Å². The fourth-order valence-electron chi connectivity index (χ4n) is 2.51. The van der Waals surface area contributed by atoms with E-state index < -0.39 is 28.3 Å². The van der Waals surface area contributed by atoms with Gasteiger partial charge in [0.05, 0.1) is 36.7 Å². The molecule has 0 aromatic heterocycles. The van der Waals surface area contributed by atoms with Crippen molar-refractivity contribution in [1.82, 2.24) is 0 Å². The highest BCUT2D eigenvalue weighted by atomic mass is 19.4. The molecule has 9 heteroatoms. The van der Waals surface area contributed by atoms with E-state index in [1.165, 1.54) is 32.4 Å². The molecular formula is C17H13F3N2O4. The van der Waals surface area contributed by atoms with Crippen molar-refractivity contribution in [2.45, 2.75) is 12.1 Å². The second kappa shape index (κ2) is 7.31. The molecule has 0 saturated heterocycles. The van der Waals surface area contributed by atoms with Gasteiger partial charge in [0, 0.05) is 12.1 Å². The summed E-state index contributed by atoms with van der Waals surface area (Å²) in [6.07, 6.45) is -4.85. The lowest BCUT2D eigenvalue weighted by molar-refractivity contribution is -0.385. The van der Waals surface area contributed by atoms with Gasteiger partial charge in [-0.2, -0.15) is 18.4 Å². The van der Waals surface area contributed by atoms with Crippen LogP contribution in [0.2, 0.25) is 0 Å². The summed E-state index contributed by atoms with van der Waals surface area (Å²) in [5, 5.41) is 20.3. The van der Waals surface area contributed by atoms with Gasteiger partial charge in [0.25, 0.3) is 5.69 Å². The van der Waals surface area contributed by atoms with Gasteiger partial charge in [0.15, 0.2) is 11.5 Å². The Morgan fingerprint density at radius 1 is 1.12 bits per heavy atom. The average molecular weight is 366 g/mol. The van der Waals surface area contributed by atoms with Crippen molar-refractivity contribution < 1.29 is 27.6 Å². The minimum atomic E-state index is -4.85. The van der Waals surface area contributed by atoms with Gasteiger partial charge >= 0.3 is 6.18 Å². The van der Waals surface area contributed by atoms with Gasteiger partial charge in [-0.15, -0.1) is 0 Å². The molecule has 0 amide bonds. The fraction of sp³-hybridized carbons (Fsp3) is 0.235. The van der Waals surface area contributed by atoms with Crippen LogP contribution in [0.15, 0.2) is 36.4 Å². The Bertz CT molecular complexity index is 875. The van der Waals surface area contributed by atoms with Crippen molar-refractivity contribution >= 4 is 5.69 Å². The third-order valence-electron chi connectivity index (χ3n) is 3.73. The van der Waals surface area contributed by atoms with E-state index in [0.717, 1.165) is 12.1 Å². The van der Waals surface area contributed by atoms with E-state index in [9.17, 15) is 28.5 Å². The maximum Gasteiger partial charge on any atom is 0.416 e. The Morgan fingerprint density at radius 2 is 1.77 bits per heavy atom. The lowest BCUT2D eigenvalue weighted by Gasteiger charge is -2.18. The molecule has 0 aliphatic rings. The summed E-state index contributed by atoms with van der Waals surface area (Å²) < 4.78 is 50.4. The molecule has 2 aromatic rings. The second-order valence-electron chi connectivity index (χ2n) is 5.20. The first-order chi connectivity index (χ1) is 12.2. The molecule has 2 aromatic carbocycles. The van der Waals surface area contributed by atoms with Gasteiger partial charge in [0.1, 0.15) is 0 Å². The van der Waals surface area contributed by atoms with Crippen LogP contribution in [0.3, 0.4) is 0 Å². The predicted molar refractivity (Wildman–Crippen MR) is 85.1 cm³/mol. The van der Waals surface area contributed by atoms with Gasteiger partial charge in [0.2, 0.25) is 0 Å². The molecule has 0 N–H and O–H groups in total. The average Bonchev–Trinajstić information content (AvgIpc) is 2.61. The quantitative estimate of drug-likeness (QED) is 0.582. The largest absolute Gasteiger partial charge is 0.493 e. The molecule has 136 valence electrons. The van der Waals surface area contributed by atoms with Crippen LogP contribution in [0.4, 0.5) is 18.9 Å². The monoisotopic (exact) mass is 366 g/mol. The molecule has 6 nitrogen and oxygen atoms in total. The van der Waals surface area contributed by atoms with Crippen LogP contribution < -0.4 is 9.47 Å². The first-order valence-electron chi connectivity index (χ1n) is 7.20. The van der Waals surface area contributed by atoms with Crippen LogP contribution in [0.5, 0.6) is 11.5 Å². The maximum absolute atomic E-state index is 13.4. The lowest BCUT2D eigenvalue weighted by Crippen LogP contribution is -2.13. The van der Waals surface area contributed by atoms with Crippen LogP contribution in [0.25, 0.3) is 0 Å². The SMILES string of the molecule is COc1ccc(C(C#N)c2ccc([N+](=O)[O-])cc2C(F)(F)F)cc1OC. The number of rotatable bonds is 5. The van der Waals surface area contributed by atoms with Crippen molar-refractivity contribution in [3.05, 3.63) is 63.2 Å². The van der Waals surface area contributed by atoms with Crippen molar-refractivity contribution in [3.63, 3.8) is 0 Å². The number of nitriles is 1.